The molecule has 0 aliphatic heterocycles. The number of carbonyl (C=O) groups is 1. The summed E-state index contributed by atoms with van der Waals surface area (Å²) in [5.41, 5.74) is 5.94. The summed E-state index contributed by atoms with van der Waals surface area (Å²) in [5, 5.41) is 14.7. The molecule has 0 saturated heterocycles. The molecule has 0 bridgehead atoms. The van der Waals surface area contributed by atoms with Crippen molar-refractivity contribution in [2.45, 2.75) is 5.03 Å². The van der Waals surface area contributed by atoms with Crippen molar-refractivity contribution in [1.29, 1.82) is 0 Å². The summed E-state index contributed by atoms with van der Waals surface area (Å²) in [6.45, 7) is 0. The number of hydrogen-bond donors (Lipinski definition) is 3. The first-order valence-corrected chi connectivity index (χ1v) is 6.89. The van der Waals surface area contributed by atoms with Gasteiger partial charge in [0.1, 0.15) is 0 Å². The van der Waals surface area contributed by atoms with Crippen LogP contribution in [-0.4, -0.2) is 36.7 Å². The summed E-state index contributed by atoms with van der Waals surface area (Å²) in [6, 6.07) is 5.14. The van der Waals surface area contributed by atoms with Crippen LogP contribution in [0.2, 0.25) is 0 Å². The van der Waals surface area contributed by atoms with Gasteiger partial charge in [-0.3, -0.25) is 9.40 Å². The number of carboxylic acid groups (broad SMARTS) is 1. The van der Waals surface area contributed by atoms with Gasteiger partial charge in [0.05, 0.1) is 23.1 Å². The van der Waals surface area contributed by atoms with E-state index in [-0.39, 0.29) is 22.0 Å². The van der Waals surface area contributed by atoms with Crippen LogP contribution in [0.1, 0.15) is 10.4 Å². The highest BCUT2D eigenvalue weighted by Crippen LogP contribution is 2.27. The maximum atomic E-state index is 12.2. The first-order valence-electron chi connectivity index (χ1n) is 5.45. The standard InChI is InChI=1S/C11H12N4O4S/c1-15(20(18,19)10-4-5-13-14-10)9-3-2-7(11(16)17)6-8(9)12/h2-6H,12H2,1H3,(H,13,14)(H,16,17). The lowest BCUT2D eigenvalue weighted by Crippen LogP contribution is -2.27. The number of sulfonamides is 1. The lowest BCUT2D eigenvalue weighted by atomic mass is 10.2. The van der Waals surface area contributed by atoms with E-state index >= 15 is 0 Å². The van der Waals surface area contributed by atoms with Gasteiger partial charge in [-0.25, -0.2) is 4.79 Å². The zero-order valence-corrected chi connectivity index (χ0v) is 11.3. The summed E-state index contributed by atoms with van der Waals surface area (Å²) in [4.78, 5) is 10.8. The number of rotatable bonds is 4. The van der Waals surface area contributed by atoms with Crippen LogP contribution in [0.25, 0.3) is 0 Å². The minimum atomic E-state index is -3.82. The molecule has 0 atom stereocenters. The zero-order chi connectivity index (χ0) is 14.9. The summed E-state index contributed by atoms with van der Waals surface area (Å²) < 4.78 is 25.5. The molecular formula is C11H12N4O4S. The minimum absolute atomic E-state index is 0.0152. The number of nitrogens with one attached hydrogen (secondary N) is 1. The molecule has 0 saturated carbocycles. The summed E-state index contributed by atoms with van der Waals surface area (Å²) in [6.07, 6.45) is 1.32. The number of carboxylic acids is 1. The topological polar surface area (TPSA) is 129 Å². The minimum Gasteiger partial charge on any atom is -0.478 e. The van der Waals surface area contributed by atoms with Gasteiger partial charge in [-0.05, 0) is 24.3 Å². The second-order valence-corrected chi connectivity index (χ2v) is 5.91. The van der Waals surface area contributed by atoms with Gasteiger partial charge in [-0.15, -0.1) is 0 Å². The van der Waals surface area contributed by atoms with E-state index < -0.39 is 16.0 Å². The van der Waals surface area contributed by atoms with E-state index in [4.69, 9.17) is 10.8 Å². The van der Waals surface area contributed by atoms with Gasteiger partial charge in [-0.1, -0.05) is 0 Å². The Morgan fingerprint density at radius 1 is 1.40 bits per heavy atom. The number of hydrogen-bond acceptors (Lipinski definition) is 5. The molecule has 1 aromatic heterocycles. The van der Waals surface area contributed by atoms with Crippen molar-refractivity contribution in [1.82, 2.24) is 10.2 Å². The van der Waals surface area contributed by atoms with Crippen molar-refractivity contribution in [2.24, 2.45) is 0 Å². The molecule has 0 fully saturated rings. The summed E-state index contributed by atoms with van der Waals surface area (Å²) >= 11 is 0. The number of aromatic amines is 1. The van der Waals surface area contributed by atoms with E-state index in [0.717, 1.165) is 4.31 Å². The number of nitrogen functional groups attached to an aromatic ring is 1. The van der Waals surface area contributed by atoms with E-state index in [0.29, 0.717) is 0 Å². The molecule has 1 aromatic carbocycles. The first-order chi connectivity index (χ1) is 9.34. The lowest BCUT2D eigenvalue weighted by molar-refractivity contribution is 0.0697. The monoisotopic (exact) mass is 296 g/mol. The maximum absolute atomic E-state index is 12.2. The maximum Gasteiger partial charge on any atom is 0.335 e. The molecule has 2 rings (SSSR count). The molecule has 1 heterocycles. The van der Waals surface area contributed by atoms with Crippen molar-refractivity contribution in [2.75, 3.05) is 17.1 Å². The molecule has 8 nitrogen and oxygen atoms in total. The van der Waals surface area contributed by atoms with Gasteiger partial charge in [0, 0.05) is 7.05 Å². The van der Waals surface area contributed by atoms with Crippen molar-refractivity contribution in [3.05, 3.63) is 36.0 Å². The van der Waals surface area contributed by atoms with Crippen molar-refractivity contribution in [3.8, 4) is 0 Å². The number of benzene rings is 1. The first kappa shape index (κ1) is 13.9. The molecule has 0 aliphatic rings. The van der Waals surface area contributed by atoms with Crippen molar-refractivity contribution in [3.63, 3.8) is 0 Å². The van der Waals surface area contributed by atoms with E-state index in [2.05, 4.69) is 10.2 Å². The van der Waals surface area contributed by atoms with Crippen LogP contribution in [0, 0.1) is 0 Å². The van der Waals surface area contributed by atoms with E-state index in [1.165, 1.54) is 37.5 Å². The Balaban J connectivity index is 2.44. The third-order valence-corrected chi connectivity index (χ3v) is 4.43. The van der Waals surface area contributed by atoms with Gasteiger partial charge in [0.25, 0.3) is 10.0 Å². The van der Waals surface area contributed by atoms with Gasteiger partial charge < -0.3 is 10.8 Å². The quantitative estimate of drug-likeness (QED) is 0.705. The van der Waals surface area contributed by atoms with E-state index in [1.807, 2.05) is 0 Å². The fourth-order valence-electron chi connectivity index (χ4n) is 1.64. The Morgan fingerprint density at radius 3 is 2.60 bits per heavy atom. The van der Waals surface area contributed by atoms with Gasteiger partial charge in [0.15, 0.2) is 5.03 Å². The molecule has 0 radical (unpaired) electrons. The smallest absolute Gasteiger partial charge is 0.335 e. The highest BCUT2D eigenvalue weighted by molar-refractivity contribution is 7.92. The van der Waals surface area contributed by atoms with E-state index in [9.17, 15) is 13.2 Å². The van der Waals surface area contributed by atoms with Crippen molar-refractivity contribution >= 4 is 27.4 Å². The number of aromatic nitrogens is 2. The zero-order valence-electron chi connectivity index (χ0n) is 10.4. The SMILES string of the molecule is CN(c1ccc(C(=O)O)cc1N)S(=O)(=O)c1ccn[nH]1. The molecule has 0 amide bonds. The Morgan fingerprint density at radius 2 is 2.10 bits per heavy atom. The second kappa shape index (κ2) is 4.85. The fourth-order valence-corrected chi connectivity index (χ4v) is 2.76. The normalized spacial score (nSPS) is 11.2. The summed E-state index contributed by atoms with van der Waals surface area (Å²) in [5.74, 6) is -1.14. The Hall–Kier alpha value is -2.55. The molecule has 0 spiro atoms. The van der Waals surface area contributed by atoms with Crippen LogP contribution in [0.15, 0.2) is 35.5 Å². The van der Waals surface area contributed by atoms with Crippen LogP contribution in [0.5, 0.6) is 0 Å². The molecule has 106 valence electrons. The third kappa shape index (κ3) is 2.30. The van der Waals surface area contributed by atoms with Crippen LogP contribution in [-0.2, 0) is 10.0 Å². The van der Waals surface area contributed by atoms with Crippen molar-refractivity contribution < 1.29 is 18.3 Å². The third-order valence-electron chi connectivity index (χ3n) is 2.73. The molecule has 2 aromatic rings. The molecule has 20 heavy (non-hydrogen) atoms. The van der Waals surface area contributed by atoms with Gasteiger partial charge in [-0.2, -0.15) is 13.5 Å². The van der Waals surface area contributed by atoms with Gasteiger partial charge >= 0.3 is 5.97 Å². The van der Waals surface area contributed by atoms with E-state index in [1.54, 1.807) is 0 Å². The number of aromatic carboxylic acids is 1. The highest BCUT2D eigenvalue weighted by Gasteiger charge is 2.24. The predicted octanol–water partition coefficient (Wildman–Crippen LogP) is 0.515. The number of anilines is 2. The Kier molecular flexibility index (Phi) is 3.36. The van der Waals surface area contributed by atoms with Crippen LogP contribution >= 0.6 is 0 Å². The Labute approximate surface area is 114 Å². The number of nitrogens with two attached hydrogens (primary N) is 1. The average Bonchev–Trinajstić information content (AvgIpc) is 2.92. The predicted molar refractivity (Wildman–Crippen MR) is 72.0 cm³/mol. The molecule has 0 unspecified atom stereocenters. The van der Waals surface area contributed by atoms with Crippen LogP contribution in [0.3, 0.4) is 0 Å². The molecule has 9 heteroatoms. The molecule has 4 N–H and O–H groups in total. The van der Waals surface area contributed by atoms with Gasteiger partial charge in [0.2, 0.25) is 0 Å². The molecule has 0 aliphatic carbocycles. The second-order valence-electron chi connectivity index (χ2n) is 3.97. The average molecular weight is 296 g/mol. The number of H-pyrrole nitrogens is 1. The largest absolute Gasteiger partial charge is 0.478 e. The fraction of sp³-hybridized carbons (Fsp3) is 0.0909. The highest BCUT2D eigenvalue weighted by atomic mass is 32.2. The molecular weight excluding hydrogens is 284 g/mol. The Bertz CT molecular complexity index is 740. The van der Waals surface area contributed by atoms with Crippen LogP contribution < -0.4 is 10.0 Å². The van der Waals surface area contributed by atoms with Crippen LogP contribution in [0.4, 0.5) is 11.4 Å². The summed E-state index contributed by atoms with van der Waals surface area (Å²) in [7, 11) is -2.49. The lowest BCUT2D eigenvalue weighted by Gasteiger charge is -2.20. The number of nitrogens with zero attached hydrogens (tertiary/aromatic N) is 2.